The van der Waals surface area contributed by atoms with Gasteiger partial charge in [-0.2, -0.15) is 5.10 Å². The van der Waals surface area contributed by atoms with E-state index in [0.29, 0.717) is 11.3 Å². The highest BCUT2D eigenvalue weighted by Crippen LogP contribution is 2.22. The fraction of sp³-hybridized carbons (Fsp3) is 0.176. The fourth-order valence-electron chi connectivity index (χ4n) is 3.06. The number of hydrogen-bond acceptors (Lipinski definition) is 5. The average Bonchev–Trinajstić information content (AvgIpc) is 3.38. The number of pyridine rings is 1. The first kappa shape index (κ1) is 14.7. The van der Waals surface area contributed by atoms with E-state index in [0.717, 1.165) is 22.5 Å². The Morgan fingerprint density at radius 3 is 3.00 bits per heavy atom. The average molecular weight is 346 g/mol. The lowest BCUT2D eigenvalue weighted by molar-refractivity contribution is -0.510. The molecule has 128 valence electrons. The van der Waals surface area contributed by atoms with Gasteiger partial charge in [0, 0.05) is 30.4 Å². The number of aryl methyl sites for hydroxylation is 1. The normalized spacial score (nSPS) is 12.8. The molecule has 0 aliphatic rings. The number of nitrogens with one attached hydrogen (secondary N) is 1. The summed E-state index contributed by atoms with van der Waals surface area (Å²) in [5, 5.41) is 12.6. The molecule has 5 aromatic rings. The molecule has 0 unspecified atom stereocenters. The molecule has 0 bridgehead atoms. The summed E-state index contributed by atoms with van der Waals surface area (Å²) in [7, 11) is 1.87. The van der Waals surface area contributed by atoms with Crippen LogP contribution in [-0.2, 0) is 7.05 Å². The van der Waals surface area contributed by atoms with E-state index in [1.807, 2.05) is 36.1 Å². The molecule has 0 aromatic carbocycles. The van der Waals surface area contributed by atoms with Gasteiger partial charge in [0.2, 0.25) is 5.65 Å². The molecule has 1 N–H and O–H groups in total. The summed E-state index contributed by atoms with van der Waals surface area (Å²) >= 11 is 0. The largest absolute Gasteiger partial charge is 0.283 e. The quantitative estimate of drug-likeness (QED) is 0.497. The molecule has 0 saturated carbocycles. The van der Waals surface area contributed by atoms with Crippen molar-refractivity contribution >= 4 is 16.9 Å². The van der Waals surface area contributed by atoms with Crippen molar-refractivity contribution < 1.29 is 4.40 Å². The van der Waals surface area contributed by atoms with Gasteiger partial charge in [0.25, 0.3) is 5.65 Å². The van der Waals surface area contributed by atoms with E-state index >= 15 is 0 Å². The summed E-state index contributed by atoms with van der Waals surface area (Å²) in [6.07, 6.45) is 11.3. The van der Waals surface area contributed by atoms with Crippen LogP contribution in [0.25, 0.3) is 28.2 Å². The van der Waals surface area contributed by atoms with Crippen molar-refractivity contribution in [1.29, 1.82) is 0 Å². The lowest BCUT2D eigenvalue weighted by Crippen LogP contribution is -2.21. The topological polar surface area (TPSA) is 94.2 Å². The van der Waals surface area contributed by atoms with Gasteiger partial charge in [-0.3, -0.25) is 4.68 Å². The predicted molar refractivity (Wildman–Crippen MR) is 93.1 cm³/mol. The SMILES string of the molecule is C[C@@H](c1ccc2[nH]cc[n+]2c1)n1nnc2ncc(-c3cnn(C)c3)nc21. The Kier molecular flexibility index (Phi) is 3.08. The Bertz CT molecular complexity index is 1230. The van der Waals surface area contributed by atoms with Crippen LogP contribution in [0.5, 0.6) is 0 Å². The van der Waals surface area contributed by atoms with Crippen LogP contribution in [-0.4, -0.2) is 39.7 Å². The van der Waals surface area contributed by atoms with E-state index in [1.165, 1.54) is 0 Å². The highest BCUT2D eigenvalue weighted by molar-refractivity contribution is 5.69. The van der Waals surface area contributed by atoms with Crippen LogP contribution in [0.15, 0.2) is 49.3 Å². The highest BCUT2D eigenvalue weighted by Gasteiger charge is 2.18. The minimum absolute atomic E-state index is 0.0368. The maximum atomic E-state index is 4.73. The van der Waals surface area contributed by atoms with Gasteiger partial charge in [0.1, 0.15) is 18.6 Å². The molecule has 0 aliphatic carbocycles. The molecule has 0 radical (unpaired) electrons. The van der Waals surface area contributed by atoms with Crippen molar-refractivity contribution in [3.05, 3.63) is 54.9 Å². The van der Waals surface area contributed by atoms with Crippen LogP contribution in [0.3, 0.4) is 0 Å². The number of rotatable bonds is 3. The monoisotopic (exact) mass is 346 g/mol. The molecule has 0 amide bonds. The molecule has 9 heteroatoms. The first-order valence-electron chi connectivity index (χ1n) is 8.24. The Balaban J connectivity index is 1.61. The third-order valence-electron chi connectivity index (χ3n) is 4.50. The third kappa shape index (κ3) is 2.25. The molecule has 9 nitrogen and oxygen atoms in total. The van der Waals surface area contributed by atoms with Crippen LogP contribution in [0.2, 0.25) is 0 Å². The summed E-state index contributed by atoms with van der Waals surface area (Å²) < 4.78 is 5.58. The van der Waals surface area contributed by atoms with Crippen molar-refractivity contribution in [3.63, 3.8) is 0 Å². The van der Waals surface area contributed by atoms with E-state index < -0.39 is 0 Å². The maximum Gasteiger partial charge on any atom is 0.283 e. The standard InChI is InChI=1S/C17H15N9/c1-11(12-3-4-15-18-5-6-25(15)10-12)26-17-16(22-23-26)19-8-14(21-17)13-7-20-24(2)9-13/h3-11H,1-2H3/p+1/t11-/m0/s1. The molecule has 5 heterocycles. The fourth-order valence-corrected chi connectivity index (χ4v) is 3.06. The number of aromatic nitrogens is 9. The number of nitrogens with zero attached hydrogens (tertiary/aromatic N) is 8. The molecule has 26 heavy (non-hydrogen) atoms. The maximum absolute atomic E-state index is 4.73. The zero-order valence-corrected chi connectivity index (χ0v) is 14.3. The van der Waals surface area contributed by atoms with Gasteiger partial charge in [-0.05, 0) is 13.0 Å². The second kappa shape index (κ2) is 5.45. The number of fused-ring (bicyclic) bond motifs is 2. The van der Waals surface area contributed by atoms with Crippen LogP contribution >= 0.6 is 0 Å². The lowest BCUT2D eigenvalue weighted by Gasteiger charge is -2.11. The molecule has 5 rings (SSSR count). The predicted octanol–water partition coefficient (Wildman–Crippen LogP) is 1.30. The Morgan fingerprint density at radius 2 is 2.15 bits per heavy atom. The van der Waals surface area contributed by atoms with Gasteiger partial charge in [0.05, 0.1) is 24.1 Å². The molecule has 0 spiro atoms. The van der Waals surface area contributed by atoms with E-state index in [4.69, 9.17) is 4.98 Å². The van der Waals surface area contributed by atoms with Gasteiger partial charge < -0.3 is 0 Å². The highest BCUT2D eigenvalue weighted by atomic mass is 15.5. The molecular formula is C17H16N9+. The molecule has 1 atom stereocenters. The number of aromatic amines is 1. The molecular weight excluding hydrogens is 330 g/mol. The minimum atomic E-state index is -0.0368. The molecule has 0 aliphatic heterocycles. The van der Waals surface area contributed by atoms with Crippen molar-refractivity contribution in [2.45, 2.75) is 13.0 Å². The van der Waals surface area contributed by atoms with Crippen LogP contribution in [0.1, 0.15) is 18.5 Å². The van der Waals surface area contributed by atoms with Crippen molar-refractivity contribution in [2.24, 2.45) is 7.05 Å². The van der Waals surface area contributed by atoms with Crippen molar-refractivity contribution in [2.75, 3.05) is 0 Å². The van der Waals surface area contributed by atoms with Gasteiger partial charge in [0.15, 0.2) is 5.65 Å². The Labute approximate surface area is 148 Å². The Morgan fingerprint density at radius 1 is 1.23 bits per heavy atom. The number of imidazole rings is 1. The smallest absolute Gasteiger partial charge is 0.275 e. The summed E-state index contributed by atoms with van der Waals surface area (Å²) in [6, 6.07) is 4.07. The van der Waals surface area contributed by atoms with E-state index in [9.17, 15) is 0 Å². The first-order chi connectivity index (χ1) is 12.7. The van der Waals surface area contributed by atoms with Crippen LogP contribution in [0.4, 0.5) is 0 Å². The summed E-state index contributed by atoms with van der Waals surface area (Å²) in [4.78, 5) is 12.3. The van der Waals surface area contributed by atoms with E-state index in [2.05, 4.69) is 44.6 Å². The Hall–Kier alpha value is -3.62. The second-order valence-electron chi connectivity index (χ2n) is 6.23. The molecule has 0 fully saturated rings. The van der Waals surface area contributed by atoms with Gasteiger partial charge in [-0.15, -0.1) is 5.10 Å². The van der Waals surface area contributed by atoms with Crippen molar-refractivity contribution in [1.82, 2.24) is 39.7 Å². The summed E-state index contributed by atoms with van der Waals surface area (Å²) in [5.41, 5.74) is 4.96. The summed E-state index contributed by atoms with van der Waals surface area (Å²) in [5.74, 6) is 0. The van der Waals surface area contributed by atoms with E-state index in [-0.39, 0.29) is 6.04 Å². The molecule has 0 saturated heterocycles. The second-order valence-corrected chi connectivity index (χ2v) is 6.23. The van der Waals surface area contributed by atoms with Crippen LogP contribution in [0, 0.1) is 0 Å². The summed E-state index contributed by atoms with van der Waals surface area (Å²) in [6.45, 7) is 2.07. The van der Waals surface area contributed by atoms with Crippen molar-refractivity contribution in [3.8, 4) is 11.3 Å². The van der Waals surface area contributed by atoms with E-state index in [1.54, 1.807) is 21.8 Å². The van der Waals surface area contributed by atoms with Crippen LogP contribution < -0.4 is 4.40 Å². The lowest BCUT2D eigenvalue weighted by atomic mass is 10.1. The minimum Gasteiger partial charge on any atom is -0.275 e. The number of hydrogen-bond donors (Lipinski definition) is 1. The molecule has 5 aromatic heterocycles. The van der Waals surface area contributed by atoms with Gasteiger partial charge in [-0.25, -0.2) is 24.0 Å². The zero-order valence-electron chi connectivity index (χ0n) is 14.3. The first-order valence-corrected chi connectivity index (χ1v) is 8.24. The van der Waals surface area contributed by atoms with Gasteiger partial charge in [-0.1, -0.05) is 5.21 Å². The third-order valence-corrected chi connectivity index (χ3v) is 4.50. The van der Waals surface area contributed by atoms with Gasteiger partial charge >= 0.3 is 0 Å². The number of H-pyrrole nitrogens is 1. The zero-order chi connectivity index (χ0) is 17.7.